The first-order valence-electron chi connectivity index (χ1n) is 13.2. The topological polar surface area (TPSA) is 109 Å². The zero-order chi connectivity index (χ0) is 28.6. The first-order chi connectivity index (χ1) is 19.3. The minimum atomic E-state index is -0.316. The van der Waals surface area contributed by atoms with Gasteiger partial charge in [-0.1, -0.05) is 30.3 Å². The Labute approximate surface area is 230 Å². The van der Waals surface area contributed by atoms with Gasteiger partial charge in [-0.15, -0.1) is 0 Å². The van der Waals surface area contributed by atoms with Gasteiger partial charge in [0.2, 0.25) is 0 Å². The second-order valence-electron chi connectivity index (χ2n) is 9.49. The Morgan fingerprint density at radius 3 is 1.45 bits per heavy atom. The van der Waals surface area contributed by atoms with Gasteiger partial charge in [-0.25, -0.2) is 0 Å². The van der Waals surface area contributed by atoms with Gasteiger partial charge in [-0.2, -0.15) is 0 Å². The molecule has 2 aromatic heterocycles. The molecule has 202 valence electrons. The van der Waals surface area contributed by atoms with Crippen LogP contribution in [0, 0.1) is 0 Å². The van der Waals surface area contributed by atoms with Crippen molar-refractivity contribution in [1.82, 2.24) is 9.13 Å². The van der Waals surface area contributed by atoms with Gasteiger partial charge in [0.25, 0.3) is 11.1 Å². The smallest absolute Gasteiger partial charge is 0.263 e. The zero-order valence-electron chi connectivity index (χ0n) is 22.8. The van der Waals surface area contributed by atoms with E-state index in [9.17, 15) is 19.8 Å². The number of hydrogen-bond acceptors (Lipinski definition) is 6. The summed E-state index contributed by atoms with van der Waals surface area (Å²) in [4.78, 5) is 35.9. The lowest BCUT2D eigenvalue weighted by molar-refractivity contribution is 0.477. The van der Waals surface area contributed by atoms with Gasteiger partial charge in [0.15, 0.2) is 0 Å². The summed E-state index contributed by atoms with van der Waals surface area (Å²) < 4.78 is 3.24. The van der Waals surface area contributed by atoms with Crippen molar-refractivity contribution in [3.8, 4) is 11.5 Å². The second kappa shape index (κ2) is 10.6. The van der Waals surface area contributed by atoms with Crippen molar-refractivity contribution in [1.29, 1.82) is 0 Å². The Hall–Kier alpha value is -4.98. The van der Waals surface area contributed by atoms with Crippen molar-refractivity contribution in [2.24, 2.45) is 9.98 Å². The zero-order valence-corrected chi connectivity index (χ0v) is 22.8. The molecular formula is C32H30N4O4. The van der Waals surface area contributed by atoms with E-state index >= 15 is 0 Å². The van der Waals surface area contributed by atoms with Gasteiger partial charge in [-0.05, 0) is 70.2 Å². The molecule has 0 aliphatic rings. The van der Waals surface area contributed by atoms with E-state index in [1.807, 2.05) is 50.2 Å². The third-order valence-corrected chi connectivity index (χ3v) is 7.07. The number of aryl methyl sites for hydroxylation is 2. The highest BCUT2D eigenvalue weighted by molar-refractivity contribution is 6.07. The van der Waals surface area contributed by atoms with Crippen LogP contribution in [0.3, 0.4) is 0 Å². The molecule has 2 heterocycles. The normalized spacial score (nSPS) is 12.4. The van der Waals surface area contributed by atoms with E-state index in [0.29, 0.717) is 57.7 Å². The first kappa shape index (κ1) is 26.6. The molecule has 0 fully saturated rings. The number of pyridine rings is 2. The molecule has 0 atom stereocenters. The van der Waals surface area contributed by atoms with E-state index in [2.05, 4.69) is 9.98 Å². The van der Waals surface area contributed by atoms with Crippen molar-refractivity contribution in [3.05, 3.63) is 105 Å². The molecule has 0 unspecified atom stereocenters. The molecule has 2 N–H and O–H groups in total. The SMILES string of the molecule is CCn1c(=O)c(C(C)=Nc2cccc(N=C(C)c3c(O)c4ccccc4n(CC)c3=O)c2)c(O)c2ccccc21. The van der Waals surface area contributed by atoms with Crippen molar-refractivity contribution >= 4 is 44.6 Å². The average Bonchev–Trinajstić information content (AvgIpc) is 2.94. The molecule has 5 aromatic rings. The highest BCUT2D eigenvalue weighted by atomic mass is 16.3. The van der Waals surface area contributed by atoms with Gasteiger partial charge < -0.3 is 19.3 Å². The molecule has 8 nitrogen and oxygen atoms in total. The van der Waals surface area contributed by atoms with Crippen LogP contribution in [-0.2, 0) is 13.1 Å². The van der Waals surface area contributed by atoms with Gasteiger partial charge >= 0.3 is 0 Å². The molecule has 8 heteroatoms. The Morgan fingerprint density at radius 2 is 1.05 bits per heavy atom. The van der Waals surface area contributed by atoms with Crippen LogP contribution in [0.1, 0.15) is 38.8 Å². The third-order valence-electron chi connectivity index (χ3n) is 7.07. The maximum Gasteiger partial charge on any atom is 0.263 e. The molecule has 0 amide bonds. The molecule has 5 rings (SSSR count). The molecule has 40 heavy (non-hydrogen) atoms. The lowest BCUT2D eigenvalue weighted by Gasteiger charge is -2.14. The summed E-state index contributed by atoms with van der Waals surface area (Å²) in [5.41, 5.74) is 2.76. The summed E-state index contributed by atoms with van der Waals surface area (Å²) in [6, 6.07) is 21.5. The summed E-state index contributed by atoms with van der Waals surface area (Å²) in [7, 11) is 0. The molecule has 0 aliphatic carbocycles. The van der Waals surface area contributed by atoms with Gasteiger partial charge in [0, 0.05) is 23.9 Å². The maximum absolute atomic E-state index is 13.3. The maximum atomic E-state index is 13.3. The third kappa shape index (κ3) is 4.47. The Bertz CT molecular complexity index is 1830. The standard InChI is InChI=1S/C32H30N4O4/c1-5-35-25-16-9-7-14-23(25)29(37)27(31(35)39)19(3)33-21-12-11-13-22(18-21)34-20(4)28-30(38)24-15-8-10-17-26(24)36(6-2)32(28)40/h7-18,37-38H,5-6H2,1-4H3. The van der Waals surface area contributed by atoms with Crippen molar-refractivity contribution in [2.45, 2.75) is 40.8 Å². The molecule has 0 radical (unpaired) electrons. The van der Waals surface area contributed by atoms with Crippen LogP contribution in [0.25, 0.3) is 21.8 Å². The summed E-state index contributed by atoms with van der Waals surface area (Å²) in [5, 5.41) is 23.2. The number of hydrogen-bond donors (Lipinski definition) is 2. The largest absolute Gasteiger partial charge is 0.506 e. The molecular weight excluding hydrogens is 504 g/mol. The molecule has 0 aliphatic heterocycles. The number of aromatic hydroxyl groups is 2. The van der Waals surface area contributed by atoms with Crippen molar-refractivity contribution in [2.75, 3.05) is 0 Å². The van der Waals surface area contributed by atoms with E-state index in [-0.39, 0.29) is 33.7 Å². The lowest BCUT2D eigenvalue weighted by Crippen LogP contribution is -2.26. The summed E-state index contributed by atoms with van der Waals surface area (Å²) >= 11 is 0. The molecule has 0 saturated heterocycles. The summed E-state index contributed by atoms with van der Waals surface area (Å²) in [6.45, 7) is 8.04. The number of para-hydroxylation sites is 2. The average molecular weight is 535 g/mol. The Balaban J connectivity index is 1.59. The number of aliphatic imine (C=N–C) groups is 2. The Kier molecular flexibility index (Phi) is 7.09. The van der Waals surface area contributed by atoms with Gasteiger partial charge in [0.05, 0.1) is 33.8 Å². The monoisotopic (exact) mass is 534 g/mol. The molecule has 0 spiro atoms. The highest BCUT2D eigenvalue weighted by Crippen LogP contribution is 2.30. The minimum Gasteiger partial charge on any atom is -0.506 e. The number of nitrogens with zero attached hydrogens (tertiary/aromatic N) is 4. The van der Waals surface area contributed by atoms with E-state index < -0.39 is 0 Å². The van der Waals surface area contributed by atoms with Crippen LogP contribution in [0.2, 0.25) is 0 Å². The predicted octanol–water partition coefficient (Wildman–Crippen LogP) is 6.05. The van der Waals surface area contributed by atoms with Crippen LogP contribution in [0.4, 0.5) is 11.4 Å². The highest BCUT2D eigenvalue weighted by Gasteiger charge is 2.19. The van der Waals surface area contributed by atoms with Crippen LogP contribution in [0.5, 0.6) is 11.5 Å². The molecule has 0 bridgehead atoms. The van der Waals surface area contributed by atoms with E-state index in [1.165, 1.54) is 0 Å². The van der Waals surface area contributed by atoms with E-state index in [1.54, 1.807) is 59.4 Å². The number of aromatic nitrogens is 2. The number of benzene rings is 3. The number of fused-ring (bicyclic) bond motifs is 2. The van der Waals surface area contributed by atoms with Crippen LogP contribution >= 0.6 is 0 Å². The summed E-state index contributed by atoms with van der Waals surface area (Å²) in [5.74, 6) is -0.203. The molecule has 0 saturated carbocycles. The van der Waals surface area contributed by atoms with Crippen molar-refractivity contribution in [3.63, 3.8) is 0 Å². The fourth-order valence-electron chi connectivity index (χ4n) is 5.19. The second-order valence-corrected chi connectivity index (χ2v) is 9.49. The van der Waals surface area contributed by atoms with Crippen LogP contribution < -0.4 is 11.1 Å². The van der Waals surface area contributed by atoms with Gasteiger partial charge in [0.1, 0.15) is 22.6 Å². The minimum absolute atomic E-state index is 0.101. The lowest BCUT2D eigenvalue weighted by atomic mass is 10.1. The Morgan fingerprint density at radius 1 is 0.650 bits per heavy atom. The summed E-state index contributed by atoms with van der Waals surface area (Å²) in [6.07, 6.45) is 0. The van der Waals surface area contributed by atoms with E-state index in [0.717, 1.165) is 0 Å². The first-order valence-corrected chi connectivity index (χ1v) is 13.2. The van der Waals surface area contributed by atoms with Crippen LogP contribution in [0.15, 0.2) is 92.4 Å². The van der Waals surface area contributed by atoms with E-state index in [4.69, 9.17) is 0 Å². The molecule has 3 aromatic carbocycles. The fraction of sp³-hybridized carbons (Fsp3) is 0.188. The fourth-order valence-corrected chi connectivity index (χ4v) is 5.19. The van der Waals surface area contributed by atoms with Gasteiger partial charge in [-0.3, -0.25) is 19.6 Å². The van der Waals surface area contributed by atoms with Crippen LogP contribution in [-0.4, -0.2) is 30.8 Å². The quantitative estimate of drug-likeness (QED) is 0.259. The number of rotatable bonds is 6. The predicted molar refractivity (Wildman–Crippen MR) is 161 cm³/mol. The van der Waals surface area contributed by atoms with Crippen molar-refractivity contribution < 1.29 is 10.2 Å².